The molecule has 20 heavy (non-hydrogen) atoms. The third kappa shape index (κ3) is 2.80. The summed E-state index contributed by atoms with van der Waals surface area (Å²) in [7, 11) is 0. The normalized spacial score (nSPS) is 26.4. The summed E-state index contributed by atoms with van der Waals surface area (Å²) in [5.41, 5.74) is 2.02. The highest BCUT2D eigenvalue weighted by atomic mass is 16.1. The highest BCUT2D eigenvalue weighted by molar-refractivity contribution is 5.97. The van der Waals surface area contributed by atoms with E-state index < -0.39 is 0 Å². The molecule has 1 aromatic rings. The predicted octanol–water partition coefficient (Wildman–Crippen LogP) is 3.83. The molecule has 2 heteroatoms. The number of hydrogen-bond donors (Lipinski definition) is 0. The van der Waals surface area contributed by atoms with Crippen molar-refractivity contribution in [2.75, 3.05) is 13.1 Å². The van der Waals surface area contributed by atoms with Crippen LogP contribution in [0, 0.1) is 12.8 Å². The number of likely N-dealkylation sites (tertiary alicyclic amines) is 1. The number of carbonyl (C=O) groups is 1. The average molecular weight is 271 g/mol. The lowest BCUT2D eigenvalue weighted by molar-refractivity contribution is 0.0950. The maximum Gasteiger partial charge on any atom is 0.164 e. The lowest BCUT2D eigenvalue weighted by Crippen LogP contribution is -2.36. The largest absolute Gasteiger partial charge is 0.300 e. The molecular formula is C18H25NO. The van der Waals surface area contributed by atoms with Gasteiger partial charge < -0.3 is 0 Å². The van der Waals surface area contributed by atoms with E-state index in [0.717, 1.165) is 29.6 Å². The van der Waals surface area contributed by atoms with E-state index in [1.165, 1.54) is 38.6 Å². The van der Waals surface area contributed by atoms with Crippen molar-refractivity contribution in [1.29, 1.82) is 0 Å². The molecule has 2 fully saturated rings. The zero-order valence-electron chi connectivity index (χ0n) is 12.5. The zero-order valence-corrected chi connectivity index (χ0v) is 12.5. The second-order valence-corrected chi connectivity index (χ2v) is 6.42. The summed E-state index contributed by atoms with van der Waals surface area (Å²) >= 11 is 0. The smallest absolute Gasteiger partial charge is 0.164 e. The van der Waals surface area contributed by atoms with Crippen molar-refractivity contribution in [3.05, 3.63) is 35.4 Å². The van der Waals surface area contributed by atoms with Crippen molar-refractivity contribution in [3.8, 4) is 0 Å². The van der Waals surface area contributed by atoms with Gasteiger partial charge in [-0.2, -0.15) is 0 Å². The van der Waals surface area contributed by atoms with Gasteiger partial charge in [-0.25, -0.2) is 0 Å². The SMILES string of the molecule is Cc1ccccc1C(=O)CCN1CCC2CCCCC21. The van der Waals surface area contributed by atoms with Gasteiger partial charge in [0, 0.05) is 24.6 Å². The molecule has 108 valence electrons. The van der Waals surface area contributed by atoms with Gasteiger partial charge in [-0.1, -0.05) is 37.1 Å². The van der Waals surface area contributed by atoms with Crippen LogP contribution in [0.4, 0.5) is 0 Å². The van der Waals surface area contributed by atoms with Crippen LogP contribution in [0.2, 0.25) is 0 Å². The molecule has 1 aliphatic carbocycles. The molecule has 2 atom stereocenters. The Morgan fingerprint density at radius 1 is 1.20 bits per heavy atom. The van der Waals surface area contributed by atoms with Crippen molar-refractivity contribution in [2.45, 2.75) is 51.5 Å². The highest BCUT2D eigenvalue weighted by Crippen LogP contribution is 2.36. The van der Waals surface area contributed by atoms with Crippen molar-refractivity contribution in [3.63, 3.8) is 0 Å². The minimum atomic E-state index is 0.308. The van der Waals surface area contributed by atoms with Crippen LogP contribution >= 0.6 is 0 Å². The Labute approximate surface area is 122 Å². The maximum absolute atomic E-state index is 12.4. The lowest BCUT2D eigenvalue weighted by atomic mass is 9.85. The monoisotopic (exact) mass is 271 g/mol. The van der Waals surface area contributed by atoms with E-state index in [1.54, 1.807) is 0 Å². The molecule has 2 nitrogen and oxygen atoms in total. The van der Waals surface area contributed by atoms with Gasteiger partial charge in [-0.05, 0) is 44.2 Å². The third-order valence-corrected chi connectivity index (χ3v) is 5.20. The first kappa shape index (κ1) is 13.8. The molecule has 2 aliphatic rings. The standard InChI is InChI=1S/C18H25NO/c1-14-6-2-4-8-16(14)18(20)11-13-19-12-10-15-7-3-5-9-17(15)19/h2,4,6,8,15,17H,3,5,7,9-13H2,1H3. The Hall–Kier alpha value is -1.15. The van der Waals surface area contributed by atoms with Crippen LogP contribution in [0.15, 0.2) is 24.3 Å². The second kappa shape index (κ2) is 6.09. The number of nitrogens with zero attached hydrogens (tertiary/aromatic N) is 1. The molecule has 1 saturated carbocycles. The Morgan fingerprint density at radius 3 is 2.85 bits per heavy atom. The highest BCUT2D eigenvalue weighted by Gasteiger charge is 2.35. The van der Waals surface area contributed by atoms with Crippen LogP contribution < -0.4 is 0 Å². The van der Waals surface area contributed by atoms with Gasteiger partial charge in [0.15, 0.2) is 5.78 Å². The predicted molar refractivity (Wildman–Crippen MR) is 82.1 cm³/mol. The van der Waals surface area contributed by atoms with Crippen LogP contribution in [0.5, 0.6) is 0 Å². The topological polar surface area (TPSA) is 20.3 Å². The van der Waals surface area contributed by atoms with Gasteiger partial charge in [0.25, 0.3) is 0 Å². The quantitative estimate of drug-likeness (QED) is 0.776. The lowest BCUT2D eigenvalue weighted by Gasteiger charge is -2.31. The zero-order chi connectivity index (χ0) is 13.9. The molecule has 2 unspecified atom stereocenters. The van der Waals surface area contributed by atoms with Crippen molar-refractivity contribution < 1.29 is 4.79 Å². The van der Waals surface area contributed by atoms with Gasteiger partial charge >= 0.3 is 0 Å². The molecule has 1 saturated heterocycles. The molecule has 0 radical (unpaired) electrons. The average Bonchev–Trinajstić information content (AvgIpc) is 2.88. The molecule has 1 heterocycles. The van der Waals surface area contributed by atoms with Crippen molar-refractivity contribution >= 4 is 5.78 Å². The summed E-state index contributed by atoms with van der Waals surface area (Å²) in [6, 6.07) is 8.73. The molecule has 0 amide bonds. The van der Waals surface area contributed by atoms with Gasteiger partial charge in [0.2, 0.25) is 0 Å². The fourth-order valence-electron chi connectivity index (χ4n) is 4.05. The Balaban J connectivity index is 1.57. The summed E-state index contributed by atoms with van der Waals surface area (Å²) < 4.78 is 0. The third-order valence-electron chi connectivity index (χ3n) is 5.20. The summed E-state index contributed by atoms with van der Waals surface area (Å²) in [6.45, 7) is 4.19. The number of rotatable bonds is 4. The van der Waals surface area contributed by atoms with E-state index in [1.807, 2.05) is 31.2 Å². The second-order valence-electron chi connectivity index (χ2n) is 6.42. The fraction of sp³-hybridized carbons (Fsp3) is 0.611. The van der Waals surface area contributed by atoms with Crippen LogP contribution in [0.1, 0.15) is 54.4 Å². The Kier molecular flexibility index (Phi) is 4.21. The minimum absolute atomic E-state index is 0.308. The van der Waals surface area contributed by atoms with E-state index in [0.29, 0.717) is 12.2 Å². The van der Waals surface area contributed by atoms with Crippen molar-refractivity contribution in [1.82, 2.24) is 4.90 Å². The van der Waals surface area contributed by atoms with Gasteiger partial charge in [-0.3, -0.25) is 9.69 Å². The van der Waals surface area contributed by atoms with Gasteiger partial charge in [0.1, 0.15) is 0 Å². The Bertz CT molecular complexity index is 482. The number of Topliss-reactive ketones (excluding diaryl/α,β-unsaturated/α-hetero) is 1. The van der Waals surface area contributed by atoms with E-state index >= 15 is 0 Å². The number of carbonyl (C=O) groups excluding carboxylic acids is 1. The van der Waals surface area contributed by atoms with E-state index in [4.69, 9.17) is 0 Å². The number of ketones is 1. The number of hydrogen-bond acceptors (Lipinski definition) is 2. The Morgan fingerprint density at radius 2 is 2.00 bits per heavy atom. The first-order valence-electron chi connectivity index (χ1n) is 8.08. The molecule has 1 aromatic carbocycles. The van der Waals surface area contributed by atoms with Gasteiger partial charge in [0.05, 0.1) is 0 Å². The first-order valence-corrected chi connectivity index (χ1v) is 8.08. The maximum atomic E-state index is 12.4. The molecule has 1 aliphatic heterocycles. The fourth-order valence-corrected chi connectivity index (χ4v) is 4.05. The van der Waals surface area contributed by atoms with Crippen LogP contribution in [-0.2, 0) is 0 Å². The minimum Gasteiger partial charge on any atom is -0.300 e. The summed E-state index contributed by atoms with van der Waals surface area (Å²) in [5, 5.41) is 0. The van der Waals surface area contributed by atoms with Crippen molar-refractivity contribution in [2.24, 2.45) is 5.92 Å². The molecule has 0 aromatic heterocycles. The first-order chi connectivity index (χ1) is 9.75. The number of benzene rings is 1. The molecule has 3 rings (SSSR count). The van der Waals surface area contributed by atoms with Crippen LogP contribution in [0.3, 0.4) is 0 Å². The number of fused-ring (bicyclic) bond motifs is 1. The molecule has 0 spiro atoms. The molecule has 0 bridgehead atoms. The van der Waals surface area contributed by atoms with E-state index in [9.17, 15) is 4.79 Å². The summed E-state index contributed by atoms with van der Waals surface area (Å²) in [5.74, 6) is 1.22. The number of aryl methyl sites for hydroxylation is 1. The van der Waals surface area contributed by atoms with Crippen LogP contribution in [0.25, 0.3) is 0 Å². The molecular weight excluding hydrogens is 246 g/mol. The summed E-state index contributed by atoms with van der Waals surface area (Å²) in [4.78, 5) is 14.9. The molecule has 0 N–H and O–H groups in total. The van der Waals surface area contributed by atoms with Gasteiger partial charge in [-0.15, -0.1) is 0 Å². The summed E-state index contributed by atoms with van der Waals surface area (Å²) in [6.07, 6.45) is 7.58. The van der Waals surface area contributed by atoms with Crippen LogP contribution in [-0.4, -0.2) is 29.8 Å². The van der Waals surface area contributed by atoms with E-state index in [2.05, 4.69) is 4.90 Å². The van der Waals surface area contributed by atoms with E-state index in [-0.39, 0.29) is 0 Å².